The Morgan fingerprint density at radius 3 is 1.72 bits per heavy atom. The van der Waals surface area contributed by atoms with Crippen LogP contribution in [0.1, 0.15) is 5.56 Å². The average Bonchev–Trinajstić information content (AvgIpc) is 2.60. The summed E-state index contributed by atoms with van der Waals surface area (Å²) >= 11 is 0. The van der Waals surface area contributed by atoms with Crippen molar-refractivity contribution in [3.63, 3.8) is 0 Å². The van der Waals surface area contributed by atoms with Crippen LogP contribution in [0.4, 0.5) is 50.9 Å². The van der Waals surface area contributed by atoms with Gasteiger partial charge in [0.15, 0.2) is 0 Å². The Hall–Kier alpha value is -2.99. The lowest BCUT2D eigenvalue weighted by molar-refractivity contribution is -0.399. The molecule has 13 heteroatoms. The normalized spacial score (nSPS) is 13.8. The Labute approximate surface area is 155 Å². The number of nitrogens with zero attached hydrogens (tertiary/aromatic N) is 2. The molecule has 2 aromatic carbocycles. The van der Waals surface area contributed by atoms with Crippen LogP contribution in [0.5, 0.6) is 11.5 Å². The Bertz CT molecular complexity index is 927. The highest BCUT2D eigenvalue weighted by Crippen LogP contribution is 2.58. The number of phenols is 2. The second kappa shape index (κ2) is 7.12. The molecule has 0 amide bonds. The van der Waals surface area contributed by atoms with Crippen molar-refractivity contribution in [2.75, 3.05) is 0 Å². The van der Waals surface area contributed by atoms with Gasteiger partial charge in [-0.05, 0) is 18.2 Å². The van der Waals surface area contributed by atoms with Crippen molar-refractivity contribution in [1.29, 1.82) is 0 Å². The van der Waals surface area contributed by atoms with E-state index < -0.39 is 52.4 Å². The van der Waals surface area contributed by atoms with Crippen LogP contribution in [-0.4, -0.2) is 28.2 Å². The molecule has 4 nitrogen and oxygen atoms in total. The predicted octanol–water partition coefficient (Wildman–Crippen LogP) is 6.44. The summed E-state index contributed by atoms with van der Waals surface area (Å²) in [6.07, 6.45) is -6.99. The lowest BCUT2D eigenvalue weighted by Crippen LogP contribution is -2.59. The quantitative estimate of drug-likeness (QED) is 0.422. The molecule has 0 bridgehead atoms. The molecule has 0 aromatic heterocycles. The van der Waals surface area contributed by atoms with Gasteiger partial charge in [-0.2, -0.15) is 39.5 Å². The number of halogens is 9. The maximum Gasteiger partial charge on any atom is 0.460 e. The number of aromatic hydroxyl groups is 2. The molecule has 0 aliphatic carbocycles. The largest absolute Gasteiger partial charge is 0.506 e. The molecule has 0 aliphatic heterocycles. The second-order valence-corrected chi connectivity index (χ2v) is 5.58. The summed E-state index contributed by atoms with van der Waals surface area (Å²) in [5, 5.41) is 25.4. The lowest BCUT2D eigenvalue weighted by atomic mass is 9.95. The molecule has 158 valence electrons. The molecule has 29 heavy (non-hydrogen) atoms. The molecule has 0 saturated heterocycles. The molecule has 0 heterocycles. The standard InChI is InChI=1S/C16H9F9N2O2/c17-13(18,14(19,20)15(21,22)16(23,24)25)8-4-3-7-11(29)12(8)27-26-9-5-1-2-6-10(9)28/h1-7,28-29H. The molecular formula is C16H9F9N2O2. The third-order valence-corrected chi connectivity index (χ3v) is 3.64. The molecule has 2 N–H and O–H groups in total. The molecule has 0 aliphatic rings. The molecular weight excluding hydrogens is 423 g/mol. The Kier molecular flexibility index (Phi) is 5.47. The SMILES string of the molecule is Oc1ccccc1N=Nc1c(O)cccc1C(F)(F)C(F)(F)C(F)(F)C(F)(F)F. The average molecular weight is 432 g/mol. The highest BCUT2D eigenvalue weighted by atomic mass is 19.4. The van der Waals surface area contributed by atoms with Gasteiger partial charge < -0.3 is 10.2 Å². The fourth-order valence-electron chi connectivity index (χ4n) is 2.09. The van der Waals surface area contributed by atoms with Gasteiger partial charge in [-0.15, -0.1) is 10.2 Å². The maximum absolute atomic E-state index is 14.2. The topological polar surface area (TPSA) is 65.2 Å². The number of benzene rings is 2. The summed E-state index contributed by atoms with van der Waals surface area (Å²) < 4.78 is 119. The number of alkyl halides is 9. The van der Waals surface area contributed by atoms with E-state index >= 15 is 0 Å². The van der Waals surface area contributed by atoms with Gasteiger partial charge in [0, 0.05) is 0 Å². The minimum Gasteiger partial charge on any atom is -0.506 e. The van der Waals surface area contributed by atoms with Crippen molar-refractivity contribution in [3.8, 4) is 11.5 Å². The third-order valence-electron chi connectivity index (χ3n) is 3.64. The molecule has 0 atom stereocenters. The van der Waals surface area contributed by atoms with Crippen molar-refractivity contribution >= 4 is 11.4 Å². The zero-order valence-corrected chi connectivity index (χ0v) is 13.7. The second-order valence-electron chi connectivity index (χ2n) is 5.58. The molecule has 0 unspecified atom stereocenters. The monoisotopic (exact) mass is 432 g/mol. The molecule has 2 aromatic rings. The van der Waals surface area contributed by atoms with E-state index in [0.29, 0.717) is 12.1 Å². The van der Waals surface area contributed by atoms with Gasteiger partial charge >= 0.3 is 23.9 Å². The summed E-state index contributed by atoms with van der Waals surface area (Å²) in [5.74, 6) is -22.0. The van der Waals surface area contributed by atoms with Crippen LogP contribution in [0, 0.1) is 0 Å². The van der Waals surface area contributed by atoms with Crippen molar-refractivity contribution in [2.24, 2.45) is 10.2 Å². The summed E-state index contributed by atoms with van der Waals surface area (Å²) in [6.45, 7) is 0. The highest BCUT2D eigenvalue weighted by Gasteiger charge is 2.82. The van der Waals surface area contributed by atoms with Crippen molar-refractivity contribution in [1.82, 2.24) is 0 Å². The van der Waals surface area contributed by atoms with Crippen molar-refractivity contribution < 1.29 is 49.7 Å². The van der Waals surface area contributed by atoms with E-state index in [-0.39, 0.29) is 6.07 Å². The molecule has 0 spiro atoms. The van der Waals surface area contributed by atoms with Crippen molar-refractivity contribution in [2.45, 2.75) is 23.9 Å². The summed E-state index contributed by atoms with van der Waals surface area (Å²) in [6, 6.07) is 6.02. The number of azo groups is 1. The Morgan fingerprint density at radius 1 is 0.621 bits per heavy atom. The van der Waals surface area contributed by atoms with Gasteiger partial charge in [-0.3, -0.25) is 0 Å². The van der Waals surface area contributed by atoms with Gasteiger partial charge in [0.25, 0.3) is 0 Å². The third kappa shape index (κ3) is 3.68. The number of hydrogen-bond acceptors (Lipinski definition) is 4. The first kappa shape index (κ1) is 22.3. The van der Waals surface area contributed by atoms with E-state index in [1.54, 1.807) is 0 Å². The first-order valence-electron chi connectivity index (χ1n) is 7.37. The van der Waals surface area contributed by atoms with Crippen LogP contribution < -0.4 is 0 Å². The Morgan fingerprint density at radius 2 is 1.17 bits per heavy atom. The van der Waals surface area contributed by atoms with E-state index in [1.807, 2.05) is 0 Å². The molecule has 0 fully saturated rings. The van der Waals surface area contributed by atoms with Gasteiger partial charge in [-0.1, -0.05) is 24.3 Å². The van der Waals surface area contributed by atoms with Gasteiger partial charge in [0.2, 0.25) is 0 Å². The highest BCUT2D eigenvalue weighted by molar-refractivity contribution is 5.60. The first-order valence-corrected chi connectivity index (χ1v) is 7.37. The van der Waals surface area contributed by atoms with Crippen LogP contribution in [0.15, 0.2) is 52.7 Å². The van der Waals surface area contributed by atoms with Gasteiger partial charge in [0.1, 0.15) is 22.9 Å². The van der Waals surface area contributed by atoms with Crippen LogP contribution in [0.25, 0.3) is 0 Å². The fourth-order valence-corrected chi connectivity index (χ4v) is 2.09. The number of phenolic OH excluding ortho intramolecular Hbond substituents is 2. The van der Waals surface area contributed by atoms with Gasteiger partial charge in [0.05, 0.1) is 5.56 Å². The fraction of sp³-hybridized carbons (Fsp3) is 0.250. The number of para-hydroxylation sites is 1. The van der Waals surface area contributed by atoms with E-state index in [1.165, 1.54) is 12.1 Å². The van der Waals surface area contributed by atoms with Crippen LogP contribution in [0.3, 0.4) is 0 Å². The molecule has 0 saturated carbocycles. The van der Waals surface area contributed by atoms with E-state index in [2.05, 4.69) is 10.2 Å². The van der Waals surface area contributed by atoms with Crippen molar-refractivity contribution in [3.05, 3.63) is 48.0 Å². The predicted molar refractivity (Wildman–Crippen MR) is 80.2 cm³/mol. The maximum atomic E-state index is 14.2. The molecule has 0 radical (unpaired) electrons. The minimum atomic E-state index is -7.11. The number of hydrogen-bond donors (Lipinski definition) is 2. The van der Waals surface area contributed by atoms with Crippen LogP contribution in [0.2, 0.25) is 0 Å². The zero-order valence-electron chi connectivity index (χ0n) is 13.7. The molecule has 2 rings (SSSR count). The van der Waals surface area contributed by atoms with Crippen LogP contribution in [-0.2, 0) is 5.92 Å². The zero-order chi connectivity index (χ0) is 22.3. The smallest absolute Gasteiger partial charge is 0.460 e. The van der Waals surface area contributed by atoms with Crippen LogP contribution >= 0.6 is 0 Å². The first-order chi connectivity index (χ1) is 13.1. The lowest BCUT2D eigenvalue weighted by Gasteiger charge is -2.34. The summed E-state index contributed by atoms with van der Waals surface area (Å²) in [4.78, 5) is 0. The minimum absolute atomic E-state index is 0.0826. The summed E-state index contributed by atoms with van der Waals surface area (Å²) in [7, 11) is 0. The summed E-state index contributed by atoms with van der Waals surface area (Å²) in [5.41, 5.74) is -4.01. The van der Waals surface area contributed by atoms with E-state index in [9.17, 15) is 49.7 Å². The van der Waals surface area contributed by atoms with Gasteiger partial charge in [-0.25, -0.2) is 0 Å². The Balaban J connectivity index is 2.63. The number of rotatable bonds is 5. The van der Waals surface area contributed by atoms with E-state index in [4.69, 9.17) is 0 Å². The van der Waals surface area contributed by atoms with E-state index in [0.717, 1.165) is 12.1 Å².